The van der Waals surface area contributed by atoms with Crippen molar-refractivity contribution in [2.75, 3.05) is 19.6 Å². The Bertz CT molecular complexity index is 916. The summed E-state index contributed by atoms with van der Waals surface area (Å²) in [5.74, 6) is -1.85. The average molecular weight is 396 g/mol. The average Bonchev–Trinajstić information content (AvgIpc) is 3.39. The summed E-state index contributed by atoms with van der Waals surface area (Å²) in [4.78, 5) is 52.9. The summed E-state index contributed by atoms with van der Waals surface area (Å²) in [6, 6.07) is 4.49. The Balaban J connectivity index is 1.38. The summed E-state index contributed by atoms with van der Waals surface area (Å²) < 4.78 is 0. The van der Waals surface area contributed by atoms with Crippen LogP contribution in [0.1, 0.15) is 58.4 Å². The maximum atomic E-state index is 13.0. The van der Waals surface area contributed by atoms with Crippen molar-refractivity contribution in [3.8, 4) is 0 Å². The molecule has 2 unspecified atom stereocenters. The first kappa shape index (κ1) is 18.4. The molecule has 29 heavy (non-hydrogen) atoms. The standard InChI is InChI=1S/C21H24N4O4/c26-17-5-4-16(18(27)23-17)25-19(28)14-3-2-13(10-15(14)20(25)29)11-24-9-1-6-21(24)7-8-22-12-21/h2-3,10,16,22H,1,4-9,11-12H2,(H,23,26,27). The van der Waals surface area contributed by atoms with Crippen molar-refractivity contribution in [3.05, 3.63) is 34.9 Å². The molecule has 0 aromatic heterocycles. The first-order chi connectivity index (χ1) is 14.0. The summed E-state index contributed by atoms with van der Waals surface area (Å²) in [6.45, 7) is 3.82. The molecule has 0 bridgehead atoms. The van der Waals surface area contributed by atoms with Gasteiger partial charge in [-0.1, -0.05) is 6.07 Å². The SMILES string of the molecule is O=C1CCC(N2C(=O)c3ccc(CN4CCCC45CCNC5)cc3C2=O)C(=O)N1. The Morgan fingerprint density at radius 2 is 1.90 bits per heavy atom. The maximum absolute atomic E-state index is 13.0. The molecule has 4 aliphatic heterocycles. The van der Waals surface area contributed by atoms with Crippen molar-refractivity contribution >= 4 is 23.6 Å². The van der Waals surface area contributed by atoms with Gasteiger partial charge in [-0.2, -0.15) is 0 Å². The molecule has 2 N–H and O–H groups in total. The van der Waals surface area contributed by atoms with E-state index in [1.54, 1.807) is 12.1 Å². The number of hydrogen-bond donors (Lipinski definition) is 2. The fourth-order valence-corrected chi connectivity index (χ4v) is 5.29. The number of carbonyl (C=O) groups excluding carboxylic acids is 4. The molecule has 3 fully saturated rings. The minimum Gasteiger partial charge on any atom is -0.315 e. The topological polar surface area (TPSA) is 98.8 Å². The lowest BCUT2D eigenvalue weighted by Gasteiger charge is -2.34. The molecule has 3 saturated heterocycles. The highest BCUT2D eigenvalue weighted by atomic mass is 16.2. The predicted octanol–water partition coefficient (Wildman–Crippen LogP) is 0.416. The van der Waals surface area contributed by atoms with Gasteiger partial charge in [0, 0.05) is 25.0 Å². The summed E-state index contributed by atoms with van der Waals surface area (Å²) in [7, 11) is 0. The van der Waals surface area contributed by atoms with Crippen LogP contribution in [-0.4, -0.2) is 64.6 Å². The Hall–Kier alpha value is -2.58. The maximum Gasteiger partial charge on any atom is 0.262 e. The van der Waals surface area contributed by atoms with Crippen LogP contribution in [0.25, 0.3) is 0 Å². The number of likely N-dealkylation sites (tertiary alicyclic amines) is 1. The van der Waals surface area contributed by atoms with E-state index in [0.717, 1.165) is 43.1 Å². The van der Waals surface area contributed by atoms with Gasteiger partial charge < -0.3 is 5.32 Å². The molecule has 152 valence electrons. The highest BCUT2D eigenvalue weighted by Crippen LogP contribution is 2.36. The second kappa shape index (κ2) is 6.74. The largest absolute Gasteiger partial charge is 0.315 e. The lowest BCUT2D eigenvalue weighted by molar-refractivity contribution is -0.136. The highest BCUT2D eigenvalue weighted by molar-refractivity contribution is 6.23. The monoisotopic (exact) mass is 396 g/mol. The van der Waals surface area contributed by atoms with Gasteiger partial charge in [0.1, 0.15) is 6.04 Å². The Morgan fingerprint density at radius 3 is 2.66 bits per heavy atom. The van der Waals surface area contributed by atoms with Crippen LogP contribution in [0.5, 0.6) is 0 Å². The molecule has 0 saturated carbocycles. The van der Waals surface area contributed by atoms with E-state index in [9.17, 15) is 19.2 Å². The molecule has 1 aromatic rings. The minimum absolute atomic E-state index is 0.125. The second-order valence-corrected chi connectivity index (χ2v) is 8.50. The molecular weight excluding hydrogens is 372 g/mol. The first-order valence-corrected chi connectivity index (χ1v) is 10.3. The van der Waals surface area contributed by atoms with Gasteiger partial charge in [-0.15, -0.1) is 0 Å². The normalized spacial score (nSPS) is 29.8. The van der Waals surface area contributed by atoms with E-state index in [-0.39, 0.29) is 24.3 Å². The van der Waals surface area contributed by atoms with Gasteiger partial charge in [-0.05, 0) is 56.5 Å². The lowest BCUT2D eigenvalue weighted by Crippen LogP contribution is -2.54. The van der Waals surface area contributed by atoms with Crippen LogP contribution in [0.2, 0.25) is 0 Å². The smallest absolute Gasteiger partial charge is 0.262 e. The third-order valence-electron chi connectivity index (χ3n) is 6.84. The van der Waals surface area contributed by atoms with Gasteiger partial charge in [0.2, 0.25) is 11.8 Å². The van der Waals surface area contributed by atoms with E-state index < -0.39 is 23.8 Å². The molecule has 2 atom stereocenters. The van der Waals surface area contributed by atoms with Gasteiger partial charge in [0.15, 0.2) is 0 Å². The predicted molar refractivity (Wildman–Crippen MR) is 103 cm³/mol. The van der Waals surface area contributed by atoms with Gasteiger partial charge >= 0.3 is 0 Å². The van der Waals surface area contributed by atoms with E-state index >= 15 is 0 Å². The molecule has 5 rings (SSSR count). The fraction of sp³-hybridized carbons (Fsp3) is 0.524. The summed E-state index contributed by atoms with van der Waals surface area (Å²) in [5.41, 5.74) is 1.90. The van der Waals surface area contributed by atoms with Gasteiger partial charge in [0.25, 0.3) is 11.8 Å². The number of piperidine rings is 1. The van der Waals surface area contributed by atoms with Crippen LogP contribution in [0.3, 0.4) is 0 Å². The zero-order valence-corrected chi connectivity index (χ0v) is 16.2. The van der Waals surface area contributed by atoms with Crippen LogP contribution in [0.4, 0.5) is 0 Å². The third kappa shape index (κ3) is 2.89. The van der Waals surface area contributed by atoms with Crippen LogP contribution in [0, 0.1) is 0 Å². The number of nitrogens with one attached hydrogen (secondary N) is 2. The number of imide groups is 2. The van der Waals surface area contributed by atoms with Crippen molar-refractivity contribution in [2.45, 2.75) is 50.2 Å². The van der Waals surface area contributed by atoms with Gasteiger partial charge in [-0.25, -0.2) is 0 Å². The molecule has 4 amide bonds. The van der Waals surface area contributed by atoms with Crippen LogP contribution in [0.15, 0.2) is 18.2 Å². The van der Waals surface area contributed by atoms with E-state index in [0.29, 0.717) is 11.1 Å². The van der Waals surface area contributed by atoms with Gasteiger partial charge in [-0.3, -0.25) is 34.3 Å². The van der Waals surface area contributed by atoms with Crippen molar-refractivity contribution in [1.82, 2.24) is 20.4 Å². The Labute approximate surface area is 168 Å². The number of nitrogens with zero attached hydrogens (tertiary/aromatic N) is 2. The number of benzene rings is 1. The number of hydrogen-bond acceptors (Lipinski definition) is 6. The van der Waals surface area contributed by atoms with Crippen molar-refractivity contribution in [1.29, 1.82) is 0 Å². The van der Waals surface area contributed by atoms with Crippen molar-refractivity contribution in [2.24, 2.45) is 0 Å². The minimum atomic E-state index is -0.921. The molecule has 4 aliphatic rings. The molecule has 8 nitrogen and oxygen atoms in total. The lowest BCUT2D eigenvalue weighted by atomic mass is 9.94. The Morgan fingerprint density at radius 1 is 1.07 bits per heavy atom. The van der Waals surface area contributed by atoms with E-state index in [4.69, 9.17) is 0 Å². The zero-order valence-electron chi connectivity index (χ0n) is 16.2. The Kier molecular flexibility index (Phi) is 4.29. The molecule has 4 heterocycles. The number of fused-ring (bicyclic) bond motifs is 1. The summed E-state index contributed by atoms with van der Waals surface area (Å²) in [6.07, 6.45) is 3.80. The van der Waals surface area contributed by atoms with Gasteiger partial charge in [0.05, 0.1) is 11.1 Å². The van der Waals surface area contributed by atoms with Crippen LogP contribution < -0.4 is 10.6 Å². The molecule has 0 aliphatic carbocycles. The fourth-order valence-electron chi connectivity index (χ4n) is 5.29. The van der Waals surface area contributed by atoms with E-state index in [1.165, 1.54) is 12.8 Å². The number of amides is 4. The van der Waals surface area contributed by atoms with Crippen LogP contribution in [-0.2, 0) is 16.1 Å². The first-order valence-electron chi connectivity index (χ1n) is 10.3. The van der Waals surface area contributed by atoms with Crippen molar-refractivity contribution in [3.63, 3.8) is 0 Å². The van der Waals surface area contributed by atoms with E-state index in [1.807, 2.05) is 6.07 Å². The summed E-state index contributed by atoms with van der Waals surface area (Å²) >= 11 is 0. The molecule has 1 spiro atoms. The second-order valence-electron chi connectivity index (χ2n) is 8.50. The zero-order chi connectivity index (χ0) is 20.2. The summed E-state index contributed by atoms with van der Waals surface area (Å²) in [5, 5.41) is 5.69. The molecule has 0 radical (unpaired) electrons. The quantitative estimate of drug-likeness (QED) is 0.719. The molecule has 1 aromatic carbocycles. The number of carbonyl (C=O) groups is 4. The van der Waals surface area contributed by atoms with E-state index in [2.05, 4.69) is 15.5 Å². The highest BCUT2D eigenvalue weighted by Gasteiger charge is 2.45. The van der Waals surface area contributed by atoms with Crippen molar-refractivity contribution < 1.29 is 19.2 Å². The number of rotatable bonds is 3. The molecular formula is C21H24N4O4. The molecule has 8 heteroatoms. The third-order valence-corrected chi connectivity index (χ3v) is 6.84. The van der Waals surface area contributed by atoms with Crippen LogP contribution >= 0.6 is 0 Å².